The van der Waals surface area contributed by atoms with E-state index in [1.807, 2.05) is 24.3 Å². The monoisotopic (exact) mass is 371 g/mol. The molecule has 0 amide bonds. The lowest BCUT2D eigenvalue weighted by Crippen LogP contribution is -2.38. The fourth-order valence-electron chi connectivity index (χ4n) is 3.41. The molecule has 0 saturated carbocycles. The van der Waals surface area contributed by atoms with Gasteiger partial charge in [-0.2, -0.15) is 4.98 Å². The molecule has 1 fully saturated rings. The number of hydrogen-bond acceptors (Lipinski definition) is 6. The molecule has 0 N–H and O–H groups in total. The molecule has 1 aromatic carbocycles. The first kappa shape index (κ1) is 19.5. The number of hydrogen-bond donors (Lipinski definition) is 0. The van der Waals surface area contributed by atoms with Crippen LogP contribution in [-0.4, -0.2) is 41.0 Å². The SMILES string of the molecule is COc1ccc(C(=O)C2CCN(C(C)c3nc(C(C)(C)C)no3)CC2)cc1. The molecule has 1 atom stereocenters. The third kappa shape index (κ3) is 4.38. The molecule has 1 aromatic heterocycles. The van der Waals surface area contributed by atoms with Crippen molar-refractivity contribution in [1.29, 1.82) is 0 Å². The van der Waals surface area contributed by atoms with Crippen molar-refractivity contribution < 1.29 is 14.1 Å². The quantitative estimate of drug-likeness (QED) is 0.739. The molecular formula is C21H29N3O3. The van der Waals surface area contributed by atoms with E-state index in [-0.39, 0.29) is 23.2 Å². The smallest absolute Gasteiger partial charge is 0.243 e. The van der Waals surface area contributed by atoms with Gasteiger partial charge in [-0.1, -0.05) is 25.9 Å². The van der Waals surface area contributed by atoms with Crippen LogP contribution >= 0.6 is 0 Å². The molecule has 0 bridgehead atoms. The van der Waals surface area contributed by atoms with Gasteiger partial charge in [0.05, 0.1) is 13.2 Å². The highest BCUT2D eigenvalue weighted by Crippen LogP contribution is 2.29. The lowest BCUT2D eigenvalue weighted by atomic mass is 9.88. The topological polar surface area (TPSA) is 68.5 Å². The van der Waals surface area contributed by atoms with Crippen molar-refractivity contribution in [2.45, 2.75) is 52.0 Å². The highest BCUT2D eigenvalue weighted by molar-refractivity contribution is 5.98. The lowest BCUT2D eigenvalue weighted by Gasteiger charge is -2.34. The zero-order valence-corrected chi connectivity index (χ0v) is 16.9. The Morgan fingerprint density at radius 2 is 1.85 bits per heavy atom. The maximum Gasteiger partial charge on any atom is 0.243 e. The molecule has 0 radical (unpaired) electrons. The average Bonchev–Trinajstić information content (AvgIpc) is 3.18. The van der Waals surface area contributed by atoms with Crippen LogP contribution < -0.4 is 4.74 Å². The van der Waals surface area contributed by atoms with Gasteiger partial charge >= 0.3 is 0 Å². The number of rotatable bonds is 5. The van der Waals surface area contributed by atoms with E-state index >= 15 is 0 Å². The van der Waals surface area contributed by atoms with Gasteiger partial charge in [0, 0.05) is 16.9 Å². The van der Waals surface area contributed by atoms with Crippen molar-refractivity contribution in [1.82, 2.24) is 15.0 Å². The molecule has 0 aliphatic carbocycles. The van der Waals surface area contributed by atoms with E-state index in [2.05, 4.69) is 42.7 Å². The summed E-state index contributed by atoms with van der Waals surface area (Å²) in [5.74, 6) is 2.44. The Kier molecular flexibility index (Phi) is 5.65. The summed E-state index contributed by atoms with van der Waals surface area (Å²) in [6, 6.07) is 7.44. The second-order valence-electron chi connectivity index (χ2n) is 8.29. The van der Waals surface area contributed by atoms with E-state index in [4.69, 9.17) is 9.26 Å². The average molecular weight is 371 g/mol. The largest absolute Gasteiger partial charge is 0.497 e. The van der Waals surface area contributed by atoms with E-state index in [1.54, 1.807) is 7.11 Å². The molecule has 3 rings (SSSR count). The van der Waals surface area contributed by atoms with E-state index in [9.17, 15) is 4.79 Å². The fourth-order valence-corrected chi connectivity index (χ4v) is 3.41. The third-order valence-electron chi connectivity index (χ3n) is 5.29. The predicted octanol–water partition coefficient (Wildman–Crippen LogP) is 4.03. The zero-order valence-electron chi connectivity index (χ0n) is 16.9. The first-order valence-corrected chi connectivity index (χ1v) is 9.56. The first-order valence-electron chi connectivity index (χ1n) is 9.56. The Labute approximate surface area is 160 Å². The molecule has 1 aliphatic rings. The summed E-state index contributed by atoms with van der Waals surface area (Å²) < 4.78 is 10.7. The minimum atomic E-state index is -0.126. The predicted molar refractivity (Wildman–Crippen MR) is 103 cm³/mol. The molecule has 1 unspecified atom stereocenters. The van der Waals surface area contributed by atoms with E-state index in [0.717, 1.165) is 43.1 Å². The summed E-state index contributed by atoms with van der Waals surface area (Å²) in [6.45, 7) is 10.0. The van der Waals surface area contributed by atoms with Gasteiger partial charge in [-0.05, 0) is 57.1 Å². The van der Waals surface area contributed by atoms with Crippen molar-refractivity contribution >= 4 is 5.78 Å². The molecule has 6 nitrogen and oxygen atoms in total. The number of nitrogens with zero attached hydrogens (tertiary/aromatic N) is 3. The number of Topliss-reactive ketones (excluding diaryl/α,β-unsaturated/α-hetero) is 1. The Morgan fingerprint density at radius 3 is 2.37 bits per heavy atom. The maximum atomic E-state index is 12.8. The number of benzene rings is 1. The van der Waals surface area contributed by atoms with Crippen molar-refractivity contribution in [3.8, 4) is 5.75 Å². The molecule has 2 heterocycles. The van der Waals surface area contributed by atoms with E-state index in [0.29, 0.717) is 5.89 Å². The number of likely N-dealkylation sites (tertiary alicyclic amines) is 1. The number of piperidine rings is 1. The zero-order chi connectivity index (χ0) is 19.6. The molecule has 0 spiro atoms. The minimum absolute atomic E-state index is 0.0608. The molecule has 1 aliphatic heterocycles. The standard InChI is InChI=1S/C21H29N3O3/c1-14(19-22-20(23-27-19)21(2,3)4)24-12-10-16(11-13-24)18(25)15-6-8-17(26-5)9-7-15/h6-9,14,16H,10-13H2,1-5H3. The molecule has 6 heteroatoms. The van der Waals surface area contributed by atoms with Crippen LogP contribution in [0.25, 0.3) is 0 Å². The normalized spacial score (nSPS) is 17.7. The summed E-state index contributed by atoms with van der Waals surface area (Å²) in [5, 5.41) is 4.12. The van der Waals surface area contributed by atoms with Crippen LogP contribution in [-0.2, 0) is 5.41 Å². The second kappa shape index (κ2) is 7.80. The highest BCUT2D eigenvalue weighted by Gasteiger charge is 2.31. The first-order chi connectivity index (χ1) is 12.8. The highest BCUT2D eigenvalue weighted by atomic mass is 16.5. The Hall–Kier alpha value is -2.21. The molecule has 2 aromatic rings. The number of aromatic nitrogens is 2. The van der Waals surface area contributed by atoms with Gasteiger partial charge in [-0.25, -0.2) is 0 Å². The van der Waals surface area contributed by atoms with Gasteiger partial charge < -0.3 is 9.26 Å². The summed E-state index contributed by atoms with van der Waals surface area (Å²) in [6.07, 6.45) is 1.69. The van der Waals surface area contributed by atoms with E-state index < -0.39 is 0 Å². The van der Waals surface area contributed by atoms with Crippen LogP contribution in [0.5, 0.6) is 5.75 Å². The van der Waals surface area contributed by atoms with Crippen LogP contribution in [0.15, 0.2) is 28.8 Å². The second-order valence-corrected chi connectivity index (χ2v) is 8.29. The summed E-state index contributed by atoms with van der Waals surface area (Å²) in [4.78, 5) is 19.7. The fraction of sp³-hybridized carbons (Fsp3) is 0.571. The van der Waals surface area contributed by atoms with Crippen LogP contribution in [0, 0.1) is 5.92 Å². The summed E-state index contributed by atoms with van der Waals surface area (Å²) >= 11 is 0. The van der Waals surface area contributed by atoms with Crippen molar-refractivity contribution in [3.63, 3.8) is 0 Å². The number of ketones is 1. The van der Waals surface area contributed by atoms with Crippen LogP contribution in [0.2, 0.25) is 0 Å². The number of ether oxygens (including phenoxy) is 1. The molecule has 1 saturated heterocycles. The van der Waals surface area contributed by atoms with Gasteiger partial charge in [0.2, 0.25) is 5.89 Å². The lowest BCUT2D eigenvalue weighted by molar-refractivity contribution is 0.0774. The third-order valence-corrected chi connectivity index (χ3v) is 5.29. The number of methoxy groups -OCH3 is 1. The van der Waals surface area contributed by atoms with Gasteiger partial charge in [0.15, 0.2) is 11.6 Å². The van der Waals surface area contributed by atoms with Crippen molar-refractivity contribution in [3.05, 3.63) is 41.5 Å². The van der Waals surface area contributed by atoms with Gasteiger partial charge in [0.25, 0.3) is 0 Å². The van der Waals surface area contributed by atoms with Gasteiger partial charge in [0.1, 0.15) is 5.75 Å². The number of carbonyl (C=O) groups is 1. The summed E-state index contributed by atoms with van der Waals surface area (Å²) in [7, 11) is 1.63. The van der Waals surface area contributed by atoms with E-state index in [1.165, 1.54) is 0 Å². The molecule has 146 valence electrons. The number of carbonyl (C=O) groups excluding carboxylic acids is 1. The van der Waals surface area contributed by atoms with Crippen molar-refractivity contribution in [2.75, 3.05) is 20.2 Å². The summed E-state index contributed by atoms with van der Waals surface area (Å²) in [5.41, 5.74) is 0.633. The van der Waals surface area contributed by atoms with Gasteiger partial charge in [-0.3, -0.25) is 9.69 Å². The van der Waals surface area contributed by atoms with Crippen molar-refractivity contribution in [2.24, 2.45) is 5.92 Å². The Balaban J connectivity index is 1.59. The van der Waals surface area contributed by atoms with Crippen LogP contribution in [0.3, 0.4) is 0 Å². The Morgan fingerprint density at radius 1 is 1.22 bits per heavy atom. The molecule has 27 heavy (non-hydrogen) atoms. The Bertz CT molecular complexity index is 769. The van der Waals surface area contributed by atoms with Gasteiger partial charge in [-0.15, -0.1) is 0 Å². The maximum absolute atomic E-state index is 12.8. The van der Waals surface area contributed by atoms with Crippen LogP contribution in [0.4, 0.5) is 0 Å². The van der Waals surface area contributed by atoms with Crippen LogP contribution in [0.1, 0.15) is 68.7 Å². The molecular weight excluding hydrogens is 342 g/mol. The minimum Gasteiger partial charge on any atom is -0.497 e.